The zero-order chi connectivity index (χ0) is 10.8. The summed E-state index contributed by atoms with van der Waals surface area (Å²) in [6.07, 6.45) is 3.51. The fourth-order valence-corrected chi connectivity index (χ4v) is 2.14. The third-order valence-corrected chi connectivity index (χ3v) is 3.29. The molecule has 1 saturated carbocycles. The third kappa shape index (κ3) is 2.03. The summed E-state index contributed by atoms with van der Waals surface area (Å²) >= 11 is 0. The molecule has 1 unspecified atom stereocenters. The molecule has 0 aromatic heterocycles. The SMILES string of the molecule is Cc1ccc(C(NN)C2CCC2)c(F)c1. The van der Waals surface area contributed by atoms with Gasteiger partial charge in [-0.05, 0) is 37.3 Å². The van der Waals surface area contributed by atoms with Crippen LogP contribution in [-0.2, 0) is 0 Å². The first-order chi connectivity index (χ1) is 7.22. The molecule has 1 aliphatic carbocycles. The van der Waals surface area contributed by atoms with E-state index in [1.807, 2.05) is 19.1 Å². The molecule has 2 nitrogen and oxygen atoms in total. The van der Waals surface area contributed by atoms with Gasteiger partial charge >= 0.3 is 0 Å². The molecule has 2 rings (SSSR count). The van der Waals surface area contributed by atoms with Gasteiger partial charge in [0.15, 0.2) is 0 Å². The zero-order valence-corrected chi connectivity index (χ0v) is 8.96. The molecule has 1 aromatic rings. The second-order valence-electron chi connectivity index (χ2n) is 4.36. The van der Waals surface area contributed by atoms with E-state index in [0.717, 1.165) is 18.4 Å². The van der Waals surface area contributed by atoms with Gasteiger partial charge in [0.2, 0.25) is 0 Å². The summed E-state index contributed by atoms with van der Waals surface area (Å²) in [6, 6.07) is 5.31. The van der Waals surface area contributed by atoms with Gasteiger partial charge in [0.1, 0.15) is 5.82 Å². The van der Waals surface area contributed by atoms with Gasteiger partial charge in [-0.2, -0.15) is 0 Å². The lowest BCUT2D eigenvalue weighted by molar-refractivity contribution is 0.228. The minimum Gasteiger partial charge on any atom is -0.271 e. The fraction of sp³-hybridized carbons (Fsp3) is 0.500. The van der Waals surface area contributed by atoms with E-state index in [-0.39, 0.29) is 11.9 Å². The van der Waals surface area contributed by atoms with E-state index in [1.165, 1.54) is 6.42 Å². The van der Waals surface area contributed by atoms with Crippen LogP contribution in [0.25, 0.3) is 0 Å². The molecule has 1 aromatic carbocycles. The van der Waals surface area contributed by atoms with E-state index in [0.29, 0.717) is 11.5 Å². The molecular formula is C12H17FN2. The maximum atomic E-state index is 13.7. The molecule has 0 radical (unpaired) electrons. The van der Waals surface area contributed by atoms with Crippen LogP contribution in [0.2, 0.25) is 0 Å². The van der Waals surface area contributed by atoms with Crippen LogP contribution >= 0.6 is 0 Å². The average molecular weight is 208 g/mol. The highest BCUT2D eigenvalue weighted by Crippen LogP contribution is 2.38. The van der Waals surface area contributed by atoms with Crippen LogP contribution in [0.3, 0.4) is 0 Å². The number of rotatable bonds is 3. The summed E-state index contributed by atoms with van der Waals surface area (Å²) in [5.41, 5.74) is 4.39. The highest BCUT2D eigenvalue weighted by atomic mass is 19.1. The molecule has 3 N–H and O–H groups in total. The van der Waals surface area contributed by atoms with Gasteiger partial charge in [0, 0.05) is 5.56 Å². The van der Waals surface area contributed by atoms with Gasteiger partial charge in [-0.15, -0.1) is 0 Å². The number of halogens is 1. The summed E-state index contributed by atoms with van der Waals surface area (Å²) in [5.74, 6) is 5.85. The first-order valence-electron chi connectivity index (χ1n) is 5.44. The maximum absolute atomic E-state index is 13.7. The number of benzene rings is 1. The van der Waals surface area contributed by atoms with E-state index in [2.05, 4.69) is 5.43 Å². The van der Waals surface area contributed by atoms with Crippen molar-refractivity contribution in [3.05, 3.63) is 35.1 Å². The lowest BCUT2D eigenvalue weighted by Gasteiger charge is -2.33. The molecule has 0 bridgehead atoms. The molecule has 3 heteroatoms. The zero-order valence-electron chi connectivity index (χ0n) is 8.96. The topological polar surface area (TPSA) is 38.0 Å². The first-order valence-corrected chi connectivity index (χ1v) is 5.44. The number of nitrogens with one attached hydrogen (secondary N) is 1. The van der Waals surface area contributed by atoms with Crippen molar-refractivity contribution in [3.63, 3.8) is 0 Å². The Balaban J connectivity index is 2.25. The predicted octanol–water partition coefficient (Wildman–Crippen LogP) is 2.44. The van der Waals surface area contributed by atoms with Crippen LogP contribution in [0, 0.1) is 18.7 Å². The molecule has 0 amide bonds. The minimum atomic E-state index is -0.148. The molecule has 1 fully saturated rings. The van der Waals surface area contributed by atoms with Crippen LogP contribution in [0.5, 0.6) is 0 Å². The van der Waals surface area contributed by atoms with Crippen molar-refractivity contribution < 1.29 is 4.39 Å². The van der Waals surface area contributed by atoms with Crippen molar-refractivity contribution >= 4 is 0 Å². The van der Waals surface area contributed by atoms with Crippen molar-refractivity contribution in [2.45, 2.75) is 32.2 Å². The number of hydrogen-bond acceptors (Lipinski definition) is 2. The normalized spacial score (nSPS) is 18.6. The van der Waals surface area contributed by atoms with Gasteiger partial charge < -0.3 is 0 Å². The Morgan fingerprint density at radius 3 is 2.67 bits per heavy atom. The molecule has 0 aliphatic heterocycles. The van der Waals surface area contributed by atoms with Crippen molar-refractivity contribution in [1.82, 2.24) is 5.43 Å². The molecule has 0 spiro atoms. The second kappa shape index (κ2) is 4.29. The largest absolute Gasteiger partial charge is 0.271 e. The van der Waals surface area contributed by atoms with Crippen LogP contribution in [-0.4, -0.2) is 0 Å². The van der Waals surface area contributed by atoms with Gasteiger partial charge in [0.05, 0.1) is 6.04 Å². The standard InChI is InChI=1S/C12H17FN2/c1-8-5-6-10(11(13)7-8)12(15-14)9-3-2-4-9/h5-7,9,12,15H,2-4,14H2,1H3. The van der Waals surface area contributed by atoms with E-state index < -0.39 is 0 Å². The summed E-state index contributed by atoms with van der Waals surface area (Å²) in [5, 5.41) is 0. The van der Waals surface area contributed by atoms with Gasteiger partial charge in [0.25, 0.3) is 0 Å². The van der Waals surface area contributed by atoms with E-state index >= 15 is 0 Å². The Morgan fingerprint density at radius 2 is 2.20 bits per heavy atom. The van der Waals surface area contributed by atoms with Gasteiger partial charge in [-0.3, -0.25) is 11.3 Å². The van der Waals surface area contributed by atoms with Crippen molar-refractivity contribution in [3.8, 4) is 0 Å². The Hall–Kier alpha value is -0.930. The lowest BCUT2D eigenvalue weighted by atomic mass is 9.77. The molecule has 0 heterocycles. The molecule has 1 atom stereocenters. The van der Waals surface area contributed by atoms with Crippen molar-refractivity contribution in [1.29, 1.82) is 0 Å². The monoisotopic (exact) mass is 208 g/mol. The molecule has 1 aliphatic rings. The average Bonchev–Trinajstić information content (AvgIpc) is 2.12. The van der Waals surface area contributed by atoms with E-state index in [9.17, 15) is 4.39 Å². The Morgan fingerprint density at radius 1 is 1.47 bits per heavy atom. The van der Waals surface area contributed by atoms with E-state index in [1.54, 1.807) is 6.07 Å². The summed E-state index contributed by atoms with van der Waals surface area (Å²) in [7, 11) is 0. The highest BCUT2D eigenvalue weighted by molar-refractivity contribution is 5.26. The van der Waals surface area contributed by atoms with Crippen molar-refractivity contribution in [2.24, 2.45) is 11.8 Å². The minimum absolute atomic E-state index is 0.0284. The smallest absolute Gasteiger partial charge is 0.128 e. The van der Waals surface area contributed by atoms with Crippen molar-refractivity contribution in [2.75, 3.05) is 0 Å². The van der Waals surface area contributed by atoms with Crippen LogP contribution in [0.4, 0.5) is 4.39 Å². The number of hydrazine groups is 1. The quantitative estimate of drug-likeness (QED) is 0.591. The van der Waals surface area contributed by atoms with Gasteiger partial charge in [-0.25, -0.2) is 4.39 Å². The molecule has 0 saturated heterocycles. The number of nitrogens with two attached hydrogens (primary N) is 1. The highest BCUT2D eigenvalue weighted by Gasteiger charge is 2.29. The first kappa shape index (κ1) is 10.6. The number of hydrogen-bond donors (Lipinski definition) is 2. The second-order valence-corrected chi connectivity index (χ2v) is 4.36. The Bertz CT molecular complexity index is 347. The fourth-order valence-electron chi connectivity index (χ4n) is 2.14. The van der Waals surface area contributed by atoms with Crippen LogP contribution < -0.4 is 11.3 Å². The van der Waals surface area contributed by atoms with Crippen LogP contribution in [0.15, 0.2) is 18.2 Å². The molecule has 15 heavy (non-hydrogen) atoms. The maximum Gasteiger partial charge on any atom is 0.128 e. The molecular weight excluding hydrogens is 191 g/mol. The Labute approximate surface area is 89.6 Å². The Kier molecular flexibility index (Phi) is 3.03. The third-order valence-electron chi connectivity index (χ3n) is 3.29. The lowest BCUT2D eigenvalue weighted by Crippen LogP contribution is -2.37. The summed E-state index contributed by atoms with van der Waals surface area (Å²) in [6.45, 7) is 1.89. The van der Waals surface area contributed by atoms with Gasteiger partial charge in [-0.1, -0.05) is 18.6 Å². The summed E-state index contributed by atoms with van der Waals surface area (Å²) in [4.78, 5) is 0. The van der Waals surface area contributed by atoms with E-state index in [4.69, 9.17) is 5.84 Å². The van der Waals surface area contributed by atoms with Crippen LogP contribution in [0.1, 0.15) is 36.4 Å². The molecule has 82 valence electrons. The predicted molar refractivity (Wildman–Crippen MR) is 58.5 cm³/mol. The number of aryl methyl sites for hydroxylation is 1. The summed E-state index contributed by atoms with van der Waals surface area (Å²) < 4.78 is 13.7.